The second kappa shape index (κ2) is 4.25. The Balaban J connectivity index is 0.000000371. The zero-order chi connectivity index (χ0) is 8.04. The lowest BCUT2D eigenvalue weighted by molar-refractivity contribution is -0.115. The Bertz CT molecular complexity index is 134. The average molecular weight is 142 g/mol. The van der Waals surface area contributed by atoms with Crippen molar-refractivity contribution < 1.29 is 10.2 Å². The molecule has 0 amide bonds. The van der Waals surface area contributed by atoms with Crippen LogP contribution in [0.2, 0.25) is 0 Å². The summed E-state index contributed by atoms with van der Waals surface area (Å²) in [5.74, 6) is -1.59. The smallest absolute Gasteiger partial charge is 0.186 e. The highest BCUT2D eigenvalue weighted by molar-refractivity contribution is 5.13. The van der Waals surface area contributed by atoms with E-state index in [1.165, 1.54) is 6.08 Å². The number of rotatable bonds is 0. The fraction of sp³-hybridized carbons (Fsp3) is 0.500. The predicted octanol–water partition coefficient (Wildman–Crippen LogP) is 1.21. The molecule has 0 spiro atoms. The minimum atomic E-state index is -1.59. The van der Waals surface area contributed by atoms with Gasteiger partial charge in [-0.05, 0) is 6.08 Å². The summed E-state index contributed by atoms with van der Waals surface area (Å²) < 4.78 is 0. The number of allylic oxidation sites excluding steroid dienone is 2. The van der Waals surface area contributed by atoms with Crippen LogP contribution in [-0.4, -0.2) is 16.0 Å². The van der Waals surface area contributed by atoms with Gasteiger partial charge in [0, 0.05) is 6.42 Å². The van der Waals surface area contributed by atoms with Crippen molar-refractivity contribution in [2.75, 3.05) is 0 Å². The van der Waals surface area contributed by atoms with Crippen molar-refractivity contribution in [3.8, 4) is 0 Å². The van der Waals surface area contributed by atoms with E-state index in [0.29, 0.717) is 6.42 Å². The highest BCUT2D eigenvalue weighted by Gasteiger charge is 2.17. The molecule has 0 unspecified atom stereocenters. The van der Waals surface area contributed by atoms with E-state index < -0.39 is 5.79 Å². The molecule has 0 aromatic heterocycles. The van der Waals surface area contributed by atoms with E-state index in [2.05, 4.69) is 0 Å². The molecule has 0 bridgehead atoms. The molecule has 0 fully saturated rings. The first-order valence-electron chi connectivity index (χ1n) is 3.50. The lowest BCUT2D eigenvalue weighted by atomic mass is 10.1. The molecule has 1 rings (SSSR count). The van der Waals surface area contributed by atoms with Crippen LogP contribution >= 0.6 is 0 Å². The third-order valence-corrected chi connectivity index (χ3v) is 1.03. The van der Waals surface area contributed by atoms with Gasteiger partial charge in [-0.1, -0.05) is 32.1 Å². The van der Waals surface area contributed by atoms with Gasteiger partial charge >= 0.3 is 0 Å². The lowest BCUT2D eigenvalue weighted by Gasteiger charge is -2.16. The fourth-order valence-corrected chi connectivity index (χ4v) is 0.598. The molecule has 1 aliphatic carbocycles. The van der Waals surface area contributed by atoms with E-state index in [0.717, 1.165) is 0 Å². The molecule has 0 saturated heterocycles. The molecule has 10 heavy (non-hydrogen) atoms. The van der Waals surface area contributed by atoms with Gasteiger partial charge < -0.3 is 10.2 Å². The first-order valence-corrected chi connectivity index (χ1v) is 3.50. The van der Waals surface area contributed by atoms with Crippen molar-refractivity contribution in [2.24, 2.45) is 0 Å². The van der Waals surface area contributed by atoms with Gasteiger partial charge in [0.15, 0.2) is 5.79 Å². The monoisotopic (exact) mass is 142 g/mol. The molecule has 0 saturated carbocycles. The number of hydrogen-bond acceptors (Lipinski definition) is 2. The SMILES string of the molecule is CC.OC1(O)C=CC=CC1. The zero-order valence-electron chi connectivity index (χ0n) is 6.41. The maximum absolute atomic E-state index is 8.79. The predicted molar refractivity (Wildman–Crippen MR) is 41.4 cm³/mol. The summed E-state index contributed by atoms with van der Waals surface area (Å²) in [4.78, 5) is 0. The van der Waals surface area contributed by atoms with E-state index in [-0.39, 0.29) is 0 Å². The van der Waals surface area contributed by atoms with Crippen LogP contribution in [0, 0.1) is 0 Å². The van der Waals surface area contributed by atoms with Crippen LogP contribution in [0.15, 0.2) is 24.3 Å². The summed E-state index contributed by atoms with van der Waals surface area (Å²) in [6.07, 6.45) is 6.75. The van der Waals surface area contributed by atoms with Crippen molar-refractivity contribution in [2.45, 2.75) is 26.1 Å². The second-order valence-corrected chi connectivity index (χ2v) is 1.87. The topological polar surface area (TPSA) is 40.5 Å². The first-order chi connectivity index (χ1) is 4.71. The Hall–Kier alpha value is -0.600. The summed E-state index contributed by atoms with van der Waals surface area (Å²) in [6, 6.07) is 0. The van der Waals surface area contributed by atoms with Gasteiger partial charge in [-0.3, -0.25) is 0 Å². The molecule has 0 radical (unpaired) electrons. The van der Waals surface area contributed by atoms with E-state index >= 15 is 0 Å². The van der Waals surface area contributed by atoms with E-state index in [9.17, 15) is 0 Å². The van der Waals surface area contributed by atoms with Crippen molar-refractivity contribution in [3.05, 3.63) is 24.3 Å². The molecule has 0 aromatic rings. The van der Waals surface area contributed by atoms with E-state index in [4.69, 9.17) is 10.2 Å². The van der Waals surface area contributed by atoms with Gasteiger partial charge in [-0.2, -0.15) is 0 Å². The molecule has 1 aliphatic rings. The third-order valence-electron chi connectivity index (χ3n) is 1.03. The summed E-state index contributed by atoms with van der Waals surface area (Å²) in [5.41, 5.74) is 0. The molecule has 0 aliphatic heterocycles. The molecule has 0 heterocycles. The minimum absolute atomic E-state index is 0.295. The Morgan fingerprint density at radius 1 is 1.20 bits per heavy atom. The maximum Gasteiger partial charge on any atom is 0.186 e. The zero-order valence-corrected chi connectivity index (χ0v) is 6.41. The molecule has 2 N–H and O–H groups in total. The average Bonchev–Trinajstić information content (AvgIpc) is 1.92. The number of aliphatic hydroxyl groups is 2. The minimum Gasteiger partial charge on any atom is -0.362 e. The largest absolute Gasteiger partial charge is 0.362 e. The van der Waals surface area contributed by atoms with Crippen molar-refractivity contribution in [3.63, 3.8) is 0 Å². The standard InChI is InChI=1S/C6H8O2.C2H6/c7-6(8)4-2-1-3-5-6;1-2/h1-4,7-8H,5H2;1-2H3. The Labute approximate surface area is 61.5 Å². The normalized spacial score (nSPS) is 19.6. The van der Waals surface area contributed by atoms with Gasteiger partial charge in [0.05, 0.1) is 0 Å². The van der Waals surface area contributed by atoms with Gasteiger partial charge in [0.2, 0.25) is 0 Å². The Morgan fingerprint density at radius 2 is 1.80 bits per heavy atom. The van der Waals surface area contributed by atoms with Gasteiger partial charge in [0.25, 0.3) is 0 Å². The number of hydrogen-bond donors (Lipinski definition) is 2. The van der Waals surface area contributed by atoms with Crippen LogP contribution in [0.3, 0.4) is 0 Å². The summed E-state index contributed by atoms with van der Waals surface area (Å²) in [6.45, 7) is 4.00. The quantitative estimate of drug-likeness (QED) is 0.499. The van der Waals surface area contributed by atoms with Crippen LogP contribution in [0.25, 0.3) is 0 Å². The highest BCUT2D eigenvalue weighted by atomic mass is 16.5. The van der Waals surface area contributed by atoms with Crippen LogP contribution in [-0.2, 0) is 0 Å². The lowest BCUT2D eigenvalue weighted by Crippen LogP contribution is -2.24. The molecular formula is C8H14O2. The summed E-state index contributed by atoms with van der Waals surface area (Å²) >= 11 is 0. The molecule has 58 valence electrons. The van der Waals surface area contributed by atoms with Crippen LogP contribution in [0.4, 0.5) is 0 Å². The van der Waals surface area contributed by atoms with Gasteiger partial charge in [-0.25, -0.2) is 0 Å². The Morgan fingerprint density at radius 3 is 2.00 bits per heavy atom. The summed E-state index contributed by atoms with van der Waals surface area (Å²) in [7, 11) is 0. The highest BCUT2D eigenvalue weighted by Crippen LogP contribution is 2.12. The van der Waals surface area contributed by atoms with Gasteiger partial charge in [0.1, 0.15) is 0 Å². The van der Waals surface area contributed by atoms with Crippen LogP contribution in [0.1, 0.15) is 20.3 Å². The van der Waals surface area contributed by atoms with Crippen LogP contribution < -0.4 is 0 Å². The third kappa shape index (κ3) is 3.43. The molecule has 2 nitrogen and oxygen atoms in total. The van der Waals surface area contributed by atoms with Crippen molar-refractivity contribution in [1.29, 1.82) is 0 Å². The summed E-state index contributed by atoms with van der Waals surface area (Å²) in [5, 5.41) is 17.6. The molecule has 2 heteroatoms. The second-order valence-electron chi connectivity index (χ2n) is 1.87. The van der Waals surface area contributed by atoms with Crippen LogP contribution in [0.5, 0.6) is 0 Å². The van der Waals surface area contributed by atoms with Gasteiger partial charge in [-0.15, -0.1) is 0 Å². The van der Waals surface area contributed by atoms with E-state index in [1.54, 1.807) is 18.2 Å². The van der Waals surface area contributed by atoms with Crippen molar-refractivity contribution in [1.82, 2.24) is 0 Å². The van der Waals surface area contributed by atoms with Crippen molar-refractivity contribution >= 4 is 0 Å². The molecule has 0 atom stereocenters. The fourth-order valence-electron chi connectivity index (χ4n) is 0.598. The maximum atomic E-state index is 8.79. The Kier molecular flexibility index (Phi) is 4.00. The first kappa shape index (κ1) is 9.40. The van der Waals surface area contributed by atoms with E-state index in [1.807, 2.05) is 13.8 Å². The molecule has 0 aromatic carbocycles. The molecular weight excluding hydrogens is 128 g/mol.